The van der Waals surface area contributed by atoms with Gasteiger partial charge in [0, 0.05) is 43.6 Å². The maximum atomic E-state index is 15.7. The van der Waals surface area contributed by atoms with E-state index in [-0.39, 0.29) is 36.2 Å². The topological polar surface area (TPSA) is 236 Å². The minimum Gasteiger partial charge on any atom is -0.461 e. The fourth-order valence-electron chi connectivity index (χ4n) is 12.9. The number of esters is 4. The minimum atomic E-state index is -2.27. The number of ether oxygens (including phenoxy) is 6. The van der Waals surface area contributed by atoms with Gasteiger partial charge in [0.1, 0.15) is 41.2 Å². The van der Waals surface area contributed by atoms with Crippen molar-refractivity contribution in [2.75, 3.05) is 6.61 Å². The van der Waals surface area contributed by atoms with E-state index in [1.807, 2.05) is 18.2 Å². The molecule has 4 fully saturated rings. The number of aliphatic hydroxyl groups is 4. The zero-order valence-electron chi connectivity index (χ0n) is 48.0. The Morgan fingerprint density at radius 2 is 1.37 bits per heavy atom. The van der Waals surface area contributed by atoms with Gasteiger partial charge in [0.15, 0.2) is 5.78 Å². The van der Waals surface area contributed by atoms with Crippen LogP contribution >= 0.6 is 0 Å². The third-order valence-electron chi connectivity index (χ3n) is 16.8. The fourth-order valence-corrected chi connectivity index (χ4v) is 12.9. The summed E-state index contributed by atoms with van der Waals surface area (Å²) in [6, 6.07) is 15.0. The van der Waals surface area contributed by atoms with Gasteiger partial charge in [0.25, 0.3) is 0 Å². The molecule has 5 N–H and O–H groups in total. The number of Topliss-reactive ketones (excluding diaryl/α,β-unsaturated/α-hetero) is 1. The van der Waals surface area contributed by atoms with Gasteiger partial charge in [-0.25, -0.2) is 9.59 Å². The summed E-state index contributed by atoms with van der Waals surface area (Å²) in [5.74, 6) is -6.59. The number of fused-ring (bicyclic) bond motifs is 3. The Bertz CT molecular complexity index is 2820. The van der Waals surface area contributed by atoms with Crippen LogP contribution in [0.25, 0.3) is 0 Å². The molecule has 2 aromatic rings. The van der Waals surface area contributed by atoms with E-state index in [1.165, 1.54) is 32.9 Å². The molecule has 0 aromatic heterocycles. The number of nitrogens with one attached hydrogen (secondary N) is 1. The first-order chi connectivity index (χ1) is 38.6. The molecule has 4 aliphatic carbocycles. The zero-order valence-corrected chi connectivity index (χ0v) is 48.0. The summed E-state index contributed by atoms with van der Waals surface area (Å²) in [6.07, 6.45) is 20.4. The summed E-state index contributed by atoms with van der Waals surface area (Å²) in [7, 11) is 0. The number of allylic oxidation sites excluding steroid dienone is 12. The molecule has 0 amide bonds. The van der Waals surface area contributed by atoms with Crippen molar-refractivity contribution in [2.24, 2.45) is 22.7 Å². The van der Waals surface area contributed by atoms with Crippen LogP contribution in [0.3, 0.4) is 0 Å². The molecule has 0 spiro atoms. The van der Waals surface area contributed by atoms with Gasteiger partial charge < -0.3 is 48.8 Å². The van der Waals surface area contributed by atoms with Crippen molar-refractivity contribution in [3.63, 3.8) is 0 Å². The lowest BCUT2D eigenvalue weighted by molar-refractivity contribution is -0.540. The molecular weight excluding hydrogens is 1030 g/mol. The maximum Gasteiger partial charge on any atom is 0.546 e. The van der Waals surface area contributed by atoms with Crippen LogP contribution in [-0.4, -0.2) is 116 Å². The Kier molecular flexibility index (Phi) is 20.2. The molecule has 436 valence electrons. The average molecular weight is 1120 g/mol. The largest absolute Gasteiger partial charge is 0.546 e. The lowest BCUT2D eigenvalue weighted by Crippen LogP contribution is -2.88. The van der Waals surface area contributed by atoms with E-state index in [4.69, 9.17) is 28.4 Å². The smallest absolute Gasteiger partial charge is 0.461 e. The second-order valence-corrected chi connectivity index (χ2v) is 23.0. The Labute approximate surface area is 476 Å². The first-order valence-electron chi connectivity index (χ1n) is 28.3. The predicted octanol–water partition coefficient (Wildman–Crippen LogP) is 8.18. The normalized spacial score (nSPS) is 30.8. The number of carbonyl (C=O) groups excluding carboxylic acids is 5. The number of carbonyl (C=O) groups is 5. The standard InChI is InChI=1S/C65H81NO15/c1-9-10-11-12-13-14-15-16-17-18-19-20-21-22-23-24-25-26-33-38-49(68)78-48-39-46-50(47(40-76-46)77-43(3)67)52-57(79-58(72)45-36-31-28-32-37-45)64(75)41-65(42(2)51(63(64,65)8)54(69)56(71)62(48,52)7)80-59(73)55(70)53(44-34-29-27-30-35-44)66-60(74)81-61(4,5)6/h10-11,13-14,16-17,19-20,22-23,25-32,34-37,46-48,50,52-55,57,69-70,75H,9,12,15,18,21,24,33,38-41H2,1-8H3,(H,66,74)/p+1/b11-10-,14-13-,17-16-,20-19-,23-22-,26-25-/t46?,47-,48?,50-,52?,53-,54?,55+,57-,62?,63-,64?,65+/m0/s1. The van der Waals surface area contributed by atoms with E-state index in [0.717, 1.165) is 32.1 Å². The molecule has 3 saturated carbocycles. The number of aliphatic hydroxyl groups excluding tert-OH is 3. The molecule has 16 nitrogen and oxygen atoms in total. The number of ketones is 1. The van der Waals surface area contributed by atoms with Gasteiger partial charge in [-0.05, 0) is 110 Å². The summed E-state index contributed by atoms with van der Waals surface area (Å²) < 4.78 is 37.0. The molecular formula is C65H82NO15+. The van der Waals surface area contributed by atoms with Gasteiger partial charge in [-0.1, -0.05) is 128 Å². The lowest BCUT2D eigenvalue weighted by atomic mass is 9.31. The summed E-state index contributed by atoms with van der Waals surface area (Å²) in [5, 5.41) is 49.1. The van der Waals surface area contributed by atoms with Gasteiger partial charge in [-0.15, -0.1) is 0 Å². The number of rotatable bonds is 23. The number of hydrogen-bond donors (Lipinski definition) is 5. The van der Waals surface area contributed by atoms with Crippen molar-refractivity contribution in [2.45, 2.75) is 179 Å². The van der Waals surface area contributed by atoms with E-state index >= 15 is 4.79 Å². The zero-order chi connectivity index (χ0) is 58.8. The van der Waals surface area contributed by atoms with Crippen LogP contribution in [0, 0.1) is 22.7 Å². The van der Waals surface area contributed by atoms with Crippen molar-refractivity contribution < 1.29 is 77.8 Å². The first-order valence-corrected chi connectivity index (χ1v) is 28.3. The van der Waals surface area contributed by atoms with E-state index in [1.54, 1.807) is 76.2 Å². The van der Waals surface area contributed by atoms with Gasteiger partial charge in [0.2, 0.25) is 12.1 Å². The van der Waals surface area contributed by atoms with Crippen LogP contribution in [0.15, 0.2) is 145 Å². The Hall–Kier alpha value is -6.72. The average Bonchev–Trinajstić information content (AvgIpc) is 0.662. The van der Waals surface area contributed by atoms with Crippen LogP contribution in [-0.2, 0) is 47.6 Å². The third kappa shape index (κ3) is 13.0. The summed E-state index contributed by atoms with van der Waals surface area (Å²) >= 11 is 0. The predicted molar refractivity (Wildman–Crippen MR) is 303 cm³/mol. The molecule has 1 heterocycles. The fraction of sp³-hybridized carbons (Fsp3) is 0.508. The molecule has 16 heteroatoms. The summed E-state index contributed by atoms with van der Waals surface area (Å²) in [5.41, 5.74) is -8.11. The van der Waals surface area contributed by atoms with Crippen molar-refractivity contribution >= 4 is 35.7 Å². The molecule has 81 heavy (non-hydrogen) atoms. The number of benzene rings is 2. The minimum absolute atomic E-state index is 0.00433. The maximum absolute atomic E-state index is 15.7. The summed E-state index contributed by atoms with van der Waals surface area (Å²) in [6.45, 7) is 12.9. The Morgan fingerprint density at radius 3 is 1.93 bits per heavy atom. The van der Waals surface area contributed by atoms with Crippen LogP contribution in [0.2, 0.25) is 0 Å². The SMILES string of the molecule is CC/C=C\C/C=C\C/C=C\C/C=C\C/C=C\C/C=C\CCC(=O)OC1CC2OC[C@H](OC(C)=O)[C@H]2C2[C@H](OC(=O)c3ccccc3)C3(O)C[C@@]4(OC(=O)[C@H](O)[C@@H]([NH+]=C(O)OC(C)(C)C)c5ccccc5)C(C)=C(C(O)C(=O)C12C)[C@@]34C. The highest BCUT2D eigenvalue weighted by Gasteiger charge is 2.88. The monoisotopic (exact) mass is 1120 g/mol. The molecule has 7 rings (SSSR count). The van der Waals surface area contributed by atoms with Crippen LogP contribution in [0.1, 0.15) is 142 Å². The quantitative estimate of drug-likeness (QED) is 0.0232. The van der Waals surface area contributed by atoms with Crippen LogP contribution < -0.4 is 4.99 Å². The van der Waals surface area contributed by atoms with Crippen LogP contribution in [0.4, 0.5) is 0 Å². The van der Waals surface area contributed by atoms with Crippen LogP contribution in [0.5, 0.6) is 0 Å². The molecule has 1 saturated heterocycles. The third-order valence-corrected chi connectivity index (χ3v) is 16.8. The molecule has 13 atom stereocenters. The Balaban J connectivity index is 1.16. The highest BCUT2D eigenvalue weighted by molar-refractivity contribution is 5.95. The number of hydrogen-bond acceptors (Lipinski definition) is 14. The van der Waals surface area contributed by atoms with E-state index in [2.05, 4.69) is 66.6 Å². The van der Waals surface area contributed by atoms with E-state index in [9.17, 15) is 39.6 Å². The van der Waals surface area contributed by atoms with Gasteiger partial charge >= 0.3 is 30.0 Å². The van der Waals surface area contributed by atoms with Gasteiger partial charge in [-0.2, -0.15) is 4.99 Å². The van der Waals surface area contributed by atoms with Crippen molar-refractivity contribution in [1.82, 2.24) is 0 Å². The first kappa shape index (κ1) is 61.9. The highest BCUT2D eigenvalue weighted by Crippen LogP contribution is 2.77. The summed E-state index contributed by atoms with van der Waals surface area (Å²) in [4.78, 5) is 74.3. The second-order valence-electron chi connectivity index (χ2n) is 23.0. The van der Waals surface area contributed by atoms with Crippen molar-refractivity contribution in [3.8, 4) is 0 Å². The Morgan fingerprint density at radius 1 is 0.815 bits per heavy atom. The molecule has 5 aliphatic rings. The molecule has 2 aromatic carbocycles. The van der Waals surface area contributed by atoms with E-state index < -0.39 is 124 Å². The lowest BCUT2D eigenvalue weighted by Gasteiger charge is -2.77. The molecule has 0 radical (unpaired) electrons. The molecule has 1 aliphatic heterocycles. The molecule has 6 unspecified atom stereocenters. The van der Waals surface area contributed by atoms with Crippen molar-refractivity contribution in [1.29, 1.82) is 0 Å². The molecule has 0 bridgehead atoms. The highest BCUT2D eigenvalue weighted by atomic mass is 16.6. The van der Waals surface area contributed by atoms with Gasteiger partial charge in [0.05, 0.1) is 29.1 Å². The second kappa shape index (κ2) is 26.5. The van der Waals surface area contributed by atoms with Crippen molar-refractivity contribution in [3.05, 3.63) is 156 Å². The van der Waals surface area contributed by atoms with Gasteiger partial charge in [-0.3, -0.25) is 14.4 Å². The van der Waals surface area contributed by atoms with E-state index in [0.29, 0.717) is 18.4 Å².